The van der Waals surface area contributed by atoms with Crippen molar-refractivity contribution in [3.05, 3.63) is 65.2 Å². The van der Waals surface area contributed by atoms with Gasteiger partial charge >= 0.3 is 0 Å². The first-order valence-corrected chi connectivity index (χ1v) is 9.50. The van der Waals surface area contributed by atoms with Gasteiger partial charge in [-0.3, -0.25) is 4.18 Å². The summed E-state index contributed by atoms with van der Waals surface area (Å²) in [6.07, 6.45) is 2.04. The van der Waals surface area contributed by atoms with E-state index < -0.39 is 10.1 Å². The molecule has 1 aliphatic carbocycles. The van der Waals surface area contributed by atoms with E-state index in [9.17, 15) is 8.42 Å². The van der Waals surface area contributed by atoms with Crippen LogP contribution in [0.2, 0.25) is 0 Å². The van der Waals surface area contributed by atoms with Gasteiger partial charge < -0.3 is 0 Å². The second-order valence-corrected chi connectivity index (χ2v) is 7.80. The molecule has 4 heteroatoms. The molecule has 0 bridgehead atoms. The third-order valence-electron chi connectivity index (χ3n) is 4.63. The lowest BCUT2D eigenvalue weighted by Crippen LogP contribution is -2.19. The topological polar surface area (TPSA) is 43.4 Å². The van der Waals surface area contributed by atoms with Crippen LogP contribution in [0.4, 0.5) is 0 Å². The summed E-state index contributed by atoms with van der Waals surface area (Å²) in [5.41, 5.74) is 3.51. The monoisotopic (exact) mass is 330 g/mol. The molecule has 122 valence electrons. The largest absolute Gasteiger partial charge is 0.297 e. The SMILES string of the molecule is CCC(C)c1ccc(S(=O)(=O)OC2Cc3ccccc3C2)cc1. The van der Waals surface area contributed by atoms with Gasteiger partial charge in [-0.1, -0.05) is 50.2 Å². The minimum atomic E-state index is -3.71. The molecule has 0 saturated carbocycles. The van der Waals surface area contributed by atoms with Crippen LogP contribution in [0, 0.1) is 0 Å². The average molecular weight is 330 g/mol. The lowest BCUT2D eigenvalue weighted by atomic mass is 9.99. The molecule has 0 N–H and O–H groups in total. The van der Waals surface area contributed by atoms with Gasteiger partial charge in [0, 0.05) is 12.8 Å². The Morgan fingerprint density at radius 2 is 1.61 bits per heavy atom. The molecule has 0 heterocycles. The second kappa shape index (κ2) is 6.46. The Kier molecular flexibility index (Phi) is 4.55. The van der Waals surface area contributed by atoms with Crippen LogP contribution in [-0.2, 0) is 27.1 Å². The van der Waals surface area contributed by atoms with Crippen LogP contribution >= 0.6 is 0 Å². The van der Waals surface area contributed by atoms with Gasteiger partial charge in [-0.05, 0) is 41.2 Å². The summed E-state index contributed by atoms with van der Waals surface area (Å²) in [7, 11) is -3.71. The summed E-state index contributed by atoms with van der Waals surface area (Å²) in [5.74, 6) is 0.428. The first-order chi connectivity index (χ1) is 11.0. The zero-order valence-electron chi connectivity index (χ0n) is 13.5. The fourth-order valence-electron chi connectivity index (χ4n) is 3.02. The van der Waals surface area contributed by atoms with Gasteiger partial charge in [0.1, 0.15) is 0 Å². The number of rotatable bonds is 5. The molecule has 1 atom stereocenters. The smallest absolute Gasteiger partial charge is 0.262 e. The van der Waals surface area contributed by atoms with E-state index in [0.717, 1.165) is 12.0 Å². The molecule has 0 aromatic heterocycles. The fourth-order valence-corrected chi connectivity index (χ4v) is 4.09. The lowest BCUT2D eigenvalue weighted by Gasteiger charge is -2.13. The summed E-state index contributed by atoms with van der Waals surface area (Å²) in [6.45, 7) is 4.26. The maximum absolute atomic E-state index is 12.5. The van der Waals surface area contributed by atoms with E-state index in [0.29, 0.717) is 18.8 Å². The van der Waals surface area contributed by atoms with Crippen LogP contribution in [0.3, 0.4) is 0 Å². The van der Waals surface area contributed by atoms with Crippen LogP contribution in [0.15, 0.2) is 53.4 Å². The Balaban J connectivity index is 1.73. The third-order valence-corrected chi connectivity index (χ3v) is 6.00. The van der Waals surface area contributed by atoms with Crippen molar-refractivity contribution < 1.29 is 12.6 Å². The van der Waals surface area contributed by atoms with E-state index >= 15 is 0 Å². The van der Waals surface area contributed by atoms with Crippen molar-refractivity contribution in [3.8, 4) is 0 Å². The van der Waals surface area contributed by atoms with Gasteiger partial charge in [-0.2, -0.15) is 8.42 Å². The summed E-state index contributed by atoms with van der Waals surface area (Å²) in [6, 6.07) is 15.1. The third kappa shape index (κ3) is 3.48. The highest BCUT2D eigenvalue weighted by Crippen LogP contribution is 2.27. The van der Waals surface area contributed by atoms with E-state index in [1.807, 2.05) is 36.4 Å². The molecule has 0 spiro atoms. The number of hydrogen-bond acceptors (Lipinski definition) is 3. The van der Waals surface area contributed by atoms with Gasteiger partial charge in [0.2, 0.25) is 0 Å². The molecule has 1 aliphatic rings. The summed E-state index contributed by atoms with van der Waals surface area (Å²) in [4.78, 5) is 0.237. The molecule has 0 saturated heterocycles. The summed E-state index contributed by atoms with van der Waals surface area (Å²) < 4.78 is 30.4. The molecule has 0 fully saturated rings. The Morgan fingerprint density at radius 3 is 2.13 bits per heavy atom. The van der Waals surface area contributed by atoms with Crippen LogP contribution in [0.5, 0.6) is 0 Å². The highest BCUT2D eigenvalue weighted by atomic mass is 32.2. The van der Waals surface area contributed by atoms with Crippen molar-refractivity contribution in [2.75, 3.05) is 0 Å². The molecule has 0 amide bonds. The van der Waals surface area contributed by atoms with Crippen LogP contribution in [-0.4, -0.2) is 14.5 Å². The van der Waals surface area contributed by atoms with Gasteiger partial charge in [0.05, 0.1) is 11.0 Å². The minimum absolute atomic E-state index is 0.237. The molecule has 3 rings (SSSR count). The predicted molar refractivity (Wildman–Crippen MR) is 91.1 cm³/mol. The Hall–Kier alpha value is -1.65. The van der Waals surface area contributed by atoms with Crippen molar-refractivity contribution in [1.29, 1.82) is 0 Å². The lowest BCUT2D eigenvalue weighted by molar-refractivity contribution is 0.221. The van der Waals surface area contributed by atoms with Crippen molar-refractivity contribution in [1.82, 2.24) is 0 Å². The minimum Gasteiger partial charge on any atom is -0.262 e. The maximum Gasteiger partial charge on any atom is 0.297 e. The molecule has 2 aromatic rings. The highest BCUT2D eigenvalue weighted by Gasteiger charge is 2.27. The molecular weight excluding hydrogens is 308 g/mol. The van der Waals surface area contributed by atoms with Crippen molar-refractivity contribution >= 4 is 10.1 Å². The molecule has 23 heavy (non-hydrogen) atoms. The first-order valence-electron chi connectivity index (χ1n) is 8.09. The molecule has 1 unspecified atom stereocenters. The van der Waals surface area contributed by atoms with Gasteiger partial charge in [-0.25, -0.2) is 0 Å². The molecule has 3 nitrogen and oxygen atoms in total. The number of hydrogen-bond donors (Lipinski definition) is 0. The Bertz CT molecular complexity index is 754. The maximum atomic E-state index is 12.5. The van der Waals surface area contributed by atoms with E-state index in [1.54, 1.807) is 12.1 Å². The van der Waals surface area contributed by atoms with Gasteiger partial charge in [0.25, 0.3) is 10.1 Å². The number of benzene rings is 2. The van der Waals surface area contributed by atoms with E-state index in [1.165, 1.54) is 11.1 Å². The van der Waals surface area contributed by atoms with Crippen LogP contribution in [0.25, 0.3) is 0 Å². The highest BCUT2D eigenvalue weighted by molar-refractivity contribution is 7.86. The summed E-state index contributed by atoms with van der Waals surface area (Å²) >= 11 is 0. The normalized spacial score (nSPS) is 16.3. The van der Waals surface area contributed by atoms with Gasteiger partial charge in [0.15, 0.2) is 0 Å². The fraction of sp³-hybridized carbons (Fsp3) is 0.368. The Morgan fingerprint density at radius 1 is 1.04 bits per heavy atom. The molecular formula is C19H22O3S. The quantitative estimate of drug-likeness (QED) is 0.776. The van der Waals surface area contributed by atoms with Gasteiger partial charge in [-0.15, -0.1) is 0 Å². The van der Waals surface area contributed by atoms with E-state index in [-0.39, 0.29) is 11.0 Å². The predicted octanol–water partition coefficient (Wildman–Crippen LogP) is 4.07. The molecule has 2 aromatic carbocycles. The average Bonchev–Trinajstić information content (AvgIpc) is 2.95. The zero-order valence-corrected chi connectivity index (χ0v) is 14.3. The van der Waals surface area contributed by atoms with Crippen LogP contribution in [0.1, 0.15) is 42.9 Å². The first kappa shape index (κ1) is 16.2. The Labute approximate surface area is 138 Å². The van der Waals surface area contributed by atoms with Crippen LogP contribution < -0.4 is 0 Å². The van der Waals surface area contributed by atoms with Crippen molar-refractivity contribution in [3.63, 3.8) is 0 Å². The summed E-state index contributed by atoms with van der Waals surface area (Å²) in [5, 5.41) is 0. The van der Waals surface area contributed by atoms with Crippen molar-refractivity contribution in [2.24, 2.45) is 0 Å². The standard InChI is InChI=1S/C19H22O3S/c1-3-14(2)15-8-10-19(11-9-15)23(20,21)22-18-12-16-6-4-5-7-17(16)13-18/h4-11,14,18H,3,12-13H2,1-2H3. The van der Waals surface area contributed by atoms with Crippen molar-refractivity contribution in [2.45, 2.75) is 50.0 Å². The molecule has 0 radical (unpaired) electrons. The zero-order chi connectivity index (χ0) is 16.4. The second-order valence-electron chi connectivity index (χ2n) is 6.23. The number of fused-ring (bicyclic) bond motifs is 1. The molecule has 0 aliphatic heterocycles. The van der Waals surface area contributed by atoms with E-state index in [2.05, 4.69) is 13.8 Å². The van der Waals surface area contributed by atoms with E-state index in [4.69, 9.17) is 4.18 Å².